The largest absolute Gasteiger partial charge is 1.00 e. The SMILES string of the molecule is CC(=O)CC(=O)O/C(C)=C(/C)C(=O)c1ccc(Cl)cc1.[H-].[Li+]. The monoisotopic (exact) mass is 302 g/mol. The third-order valence-electron chi connectivity index (χ3n) is 2.64. The molecule has 1 aromatic carbocycles. The summed E-state index contributed by atoms with van der Waals surface area (Å²) >= 11 is 5.75. The van der Waals surface area contributed by atoms with Crippen LogP contribution < -0.4 is 18.9 Å². The van der Waals surface area contributed by atoms with Crippen molar-refractivity contribution in [1.82, 2.24) is 0 Å². The number of allylic oxidation sites excluding steroid dienone is 2. The molecule has 0 aliphatic carbocycles. The molecule has 0 heterocycles. The van der Waals surface area contributed by atoms with Crippen LogP contribution in [0.1, 0.15) is 39.0 Å². The van der Waals surface area contributed by atoms with Crippen molar-refractivity contribution in [3.8, 4) is 0 Å². The molecule has 0 saturated carbocycles. The molecular weight excluding hydrogens is 287 g/mol. The predicted molar refractivity (Wildman–Crippen MR) is 76.7 cm³/mol. The third-order valence-corrected chi connectivity index (χ3v) is 2.89. The molecule has 1 rings (SSSR count). The van der Waals surface area contributed by atoms with Crippen LogP contribution in [-0.4, -0.2) is 17.5 Å². The molecule has 0 bridgehead atoms. The number of carbonyl (C=O) groups excluding carboxylic acids is 3. The molecule has 0 fully saturated rings. The van der Waals surface area contributed by atoms with Gasteiger partial charge in [0, 0.05) is 16.2 Å². The molecule has 21 heavy (non-hydrogen) atoms. The summed E-state index contributed by atoms with van der Waals surface area (Å²) in [6.45, 7) is 4.38. The number of esters is 1. The molecule has 4 nitrogen and oxygen atoms in total. The van der Waals surface area contributed by atoms with Gasteiger partial charge in [-0.1, -0.05) is 11.6 Å². The Morgan fingerprint density at radius 1 is 1.10 bits per heavy atom. The molecule has 0 aliphatic heterocycles. The molecule has 0 atom stereocenters. The van der Waals surface area contributed by atoms with Crippen LogP contribution in [0.5, 0.6) is 0 Å². The Morgan fingerprint density at radius 3 is 2.10 bits per heavy atom. The van der Waals surface area contributed by atoms with E-state index in [4.69, 9.17) is 16.3 Å². The number of ketones is 2. The van der Waals surface area contributed by atoms with E-state index < -0.39 is 5.97 Å². The van der Waals surface area contributed by atoms with Crippen molar-refractivity contribution in [2.24, 2.45) is 0 Å². The topological polar surface area (TPSA) is 60.4 Å². The number of benzene rings is 1. The Bertz CT molecular complexity index is 582. The first-order valence-corrected chi connectivity index (χ1v) is 6.37. The van der Waals surface area contributed by atoms with Crippen LogP contribution in [0.2, 0.25) is 5.02 Å². The van der Waals surface area contributed by atoms with E-state index in [2.05, 4.69) is 0 Å². The summed E-state index contributed by atoms with van der Waals surface area (Å²) in [5.41, 5.74) is 0.762. The first-order chi connectivity index (χ1) is 9.31. The van der Waals surface area contributed by atoms with Gasteiger partial charge in [0.2, 0.25) is 0 Å². The van der Waals surface area contributed by atoms with Crippen molar-refractivity contribution in [2.45, 2.75) is 27.2 Å². The molecule has 108 valence electrons. The van der Waals surface area contributed by atoms with Gasteiger partial charge in [-0.3, -0.25) is 14.4 Å². The fourth-order valence-corrected chi connectivity index (χ4v) is 1.59. The quantitative estimate of drug-likeness (QED) is 0.198. The normalized spacial score (nSPS) is 11.0. The molecule has 0 aliphatic rings. The Kier molecular flexibility index (Phi) is 8.27. The number of Topliss-reactive ketones (excluding diaryl/α,β-unsaturated/α-hetero) is 2. The van der Waals surface area contributed by atoms with Crippen molar-refractivity contribution >= 4 is 29.1 Å². The van der Waals surface area contributed by atoms with Gasteiger partial charge in [-0.2, -0.15) is 0 Å². The number of hydrogen-bond acceptors (Lipinski definition) is 4. The molecule has 0 aromatic heterocycles. The Morgan fingerprint density at radius 2 is 1.62 bits per heavy atom. The number of halogens is 1. The fourth-order valence-electron chi connectivity index (χ4n) is 1.46. The molecule has 0 amide bonds. The van der Waals surface area contributed by atoms with E-state index >= 15 is 0 Å². The smallest absolute Gasteiger partial charge is 1.00 e. The maximum Gasteiger partial charge on any atom is 1.00 e. The minimum atomic E-state index is -0.668. The van der Waals surface area contributed by atoms with E-state index in [1.165, 1.54) is 13.8 Å². The van der Waals surface area contributed by atoms with Crippen molar-refractivity contribution in [1.29, 1.82) is 0 Å². The van der Waals surface area contributed by atoms with Crippen molar-refractivity contribution < 1.29 is 39.4 Å². The maximum atomic E-state index is 12.1. The van der Waals surface area contributed by atoms with Gasteiger partial charge in [0.05, 0.1) is 0 Å². The number of ether oxygens (including phenoxy) is 1. The van der Waals surface area contributed by atoms with E-state index in [1.807, 2.05) is 0 Å². The van der Waals surface area contributed by atoms with Crippen LogP contribution in [0.4, 0.5) is 0 Å². The average molecular weight is 303 g/mol. The van der Waals surface area contributed by atoms with Gasteiger partial charge in [-0.25, -0.2) is 0 Å². The van der Waals surface area contributed by atoms with Crippen LogP contribution in [-0.2, 0) is 14.3 Å². The summed E-state index contributed by atoms with van der Waals surface area (Å²) in [5.74, 6) is -1.02. The van der Waals surface area contributed by atoms with E-state index in [0.29, 0.717) is 16.2 Å². The van der Waals surface area contributed by atoms with Crippen LogP contribution in [0.25, 0.3) is 0 Å². The van der Waals surface area contributed by atoms with E-state index in [-0.39, 0.29) is 44.0 Å². The second-order valence-electron chi connectivity index (χ2n) is 4.37. The van der Waals surface area contributed by atoms with Crippen molar-refractivity contribution in [2.75, 3.05) is 0 Å². The molecule has 6 heteroatoms. The first-order valence-electron chi connectivity index (χ1n) is 5.99. The van der Waals surface area contributed by atoms with Crippen LogP contribution in [0.3, 0.4) is 0 Å². The Balaban J connectivity index is 0. The number of rotatable bonds is 5. The number of carbonyl (C=O) groups is 3. The Labute approximate surface area is 142 Å². The second-order valence-corrected chi connectivity index (χ2v) is 4.81. The molecular formula is C15H16ClLiO4. The second kappa shape index (κ2) is 8.84. The summed E-state index contributed by atoms with van der Waals surface area (Å²) in [5, 5.41) is 0.535. The van der Waals surface area contributed by atoms with Gasteiger partial charge in [0.1, 0.15) is 18.0 Å². The van der Waals surface area contributed by atoms with Gasteiger partial charge in [-0.15, -0.1) is 0 Å². The zero-order valence-electron chi connectivity index (χ0n) is 13.5. The molecule has 0 spiro atoms. The average Bonchev–Trinajstić information content (AvgIpc) is 2.36. The molecule has 0 radical (unpaired) electrons. The summed E-state index contributed by atoms with van der Waals surface area (Å²) in [7, 11) is 0. The van der Waals surface area contributed by atoms with Crippen LogP contribution >= 0.6 is 11.6 Å². The summed E-state index contributed by atoms with van der Waals surface area (Å²) in [6.07, 6.45) is -0.306. The standard InChI is InChI=1S/C15H15ClO4.Li.H/c1-9(17)8-14(18)20-11(3)10(2)15(19)12-4-6-13(16)7-5-12;;/h4-7H,8H2,1-3H3;;/q;+1;-1/b11-10-;;. The zero-order valence-corrected chi connectivity index (χ0v) is 13.3. The molecule has 0 saturated heterocycles. The fraction of sp³-hybridized carbons (Fsp3) is 0.267. The maximum absolute atomic E-state index is 12.1. The summed E-state index contributed by atoms with van der Waals surface area (Å²) < 4.78 is 4.96. The van der Waals surface area contributed by atoms with E-state index in [9.17, 15) is 14.4 Å². The van der Waals surface area contributed by atoms with Gasteiger partial charge in [0.25, 0.3) is 0 Å². The van der Waals surface area contributed by atoms with Crippen molar-refractivity contribution in [3.63, 3.8) is 0 Å². The zero-order chi connectivity index (χ0) is 15.3. The van der Waals surface area contributed by atoms with E-state index in [1.54, 1.807) is 31.2 Å². The van der Waals surface area contributed by atoms with Crippen LogP contribution in [0, 0.1) is 0 Å². The van der Waals surface area contributed by atoms with Gasteiger partial charge < -0.3 is 6.16 Å². The third kappa shape index (κ3) is 6.30. The summed E-state index contributed by atoms with van der Waals surface area (Å²) in [6, 6.07) is 6.41. The summed E-state index contributed by atoms with van der Waals surface area (Å²) in [4.78, 5) is 34.3. The van der Waals surface area contributed by atoms with Crippen LogP contribution in [0.15, 0.2) is 35.6 Å². The van der Waals surface area contributed by atoms with Gasteiger partial charge in [0.15, 0.2) is 5.78 Å². The molecule has 1 aromatic rings. The first kappa shape index (κ1) is 19.7. The Hall–Kier alpha value is -1.34. The minimum absolute atomic E-state index is 0. The minimum Gasteiger partial charge on any atom is -1.00 e. The number of hydrogen-bond donors (Lipinski definition) is 0. The molecule has 0 N–H and O–H groups in total. The van der Waals surface area contributed by atoms with Crippen molar-refractivity contribution in [3.05, 3.63) is 46.2 Å². The van der Waals surface area contributed by atoms with Gasteiger partial charge in [-0.05, 0) is 45.0 Å². The predicted octanol–water partition coefficient (Wildman–Crippen LogP) is 0.455. The molecule has 0 unspecified atom stereocenters. The van der Waals surface area contributed by atoms with E-state index in [0.717, 1.165) is 0 Å². The van der Waals surface area contributed by atoms with Gasteiger partial charge >= 0.3 is 24.8 Å².